The van der Waals surface area contributed by atoms with Crippen LogP contribution in [0.15, 0.2) is 199 Å². The molecule has 0 bridgehead atoms. The third-order valence-electron chi connectivity index (χ3n) is 11.5. The van der Waals surface area contributed by atoms with Gasteiger partial charge in [-0.15, -0.1) is 0 Å². The molecule has 5 heteroatoms. The molecule has 0 saturated heterocycles. The molecule has 0 aliphatic carbocycles. The molecule has 0 unspecified atom stereocenters. The van der Waals surface area contributed by atoms with Gasteiger partial charge in [0.1, 0.15) is 11.2 Å². The summed E-state index contributed by atoms with van der Waals surface area (Å²) < 4.78 is 6.68. The van der Waals surface area contributed by atoms with E-state index in [1.165, 1.54) is 0 Å². The number of pyridine rings is 1. The number of furan rings is 1. The fourth-order valence-electron chi connectivity index (χ4n) is 8.84. The highest BCUT2D eigenvalue weighted by Gasteiger charge is 2.22. The van der Waals surface area contributed by atoms with Gasteiger partial charge in [0.05, 0.1) is 11.2 Å². The summed E-state index contributed by atoms with van der Waals surface area (Å²) in [4.78, 5) is 20.9. The molecule has 3 aromatic heterocycles. The summed E-state index contributed by atoms with van der Waals surface area (Å²) in [6, 6.07) is 67.3. The highest BCUT2D eigenvalue weighted by molar-refractivity contribution is 6.26. The summed E-state index contributed by atoms with van der Waals surface area (Å²) >= 11 is 0. The molecule has 0 aliphatic rings. The molecule has 0 fully saturated rings. The highest BCUT2D eigenvalue weighted by Crippen LogP contribution is 2.46. The van der Waals surface area contributed by atoms with Crippen LogP contribution in [-0.4, -0.2) is 19.9 Å². The predicted molar refractivity (Wildman–Crippen MR) is 242 cm³/mol. The maximum absolute atomic E-state index is 6.68. The van der Waals surface area contributed by atoms with E-state index in [1.54, 1.807) is 0 Å². The molecule has 5 nitrogen and oxygen atoms in total. The molecule has 274 valence electrons. The van der Waals surface area contributed by atoms with E-state index < -0.39 is 0 Å². The largest absolute Gasteiger partial charge is 0.455 e. The van der Waals surface area contributed by atoms with Crippen molar-refractivity contribution < 1.29 is 4.42 Å². The quantitative estimate of drug-likeness (QED) is 0.129. The Balaban J connectivity index is 1.14. The lowest BCUT2D eigenvalue weighted by molar-refractivity contribution is 0.673. The maximum atomic E-state index is 6.68. The molecular formula is C54H32N4O. The van der Waals surface area contributed by atoms with Crippen LogP contribution in [0.25, 0.3) is 122 Å². The van der Waals surface area contributed by atoms with Crippen LogP contribution in [0.5, 0.6) is 0 Å². The third-order valence-corrected chi connectivity index (χ3v) is 11.5. The molecule has 12 rings (SSSR count). The number of hydrogen-bond acceptors (Lipinski definition) is 5. The van der Waals surface area contributed by atoms with Gasteiger partial charge in [-0.25, -0.2) is 19.9 Å². The van der Waals surface area contributed by atoms with E-state index in [9.17, 15) is 0 Å². The minimum Gasteiger partial charge on any atom is -0.455 e. The number of fused-ring (bicyclic) bond motifs is 9. The standard InChI is InChI=1S/C54H32N4O/c1-4-16-33(17-5-1)50-44-31-30-42-37-22-14-15-27-46(37)59-51(42)48(44)43-29-28-36(32-45(43)55-50)47-38-23-10-12-25-40(38)49(41-26-13-11-24-39(41)47)54-57-52(34-18-6-2-7-19-34)56-53(58-54)35-20-8-3-9-21-35/h1-32H. The van der Waals surface area contributed by atoms with Gasteiger partial charge in [0.2, 0.25) is 0 Å². The number of hydrogen-bond donors (Lipinski definition) is 0. The summed E-state index contributed by atoms with van der Waals surface area (Å²) in [5, 5.41) is 9.71. The molecule has 0 N–H and O–H groups in total. The number of rotatable bonds is 5. The zero-order chi connectivity index (χ0) is 38.9. The van der Waals surface area contributed by atoms with Gasteiger partial charge in [0.15, 0.2) is 17.5 Å². The van der Waals surface area contributed by atoms with Gasteiger partial charge in [-0.3, -0.25) is 0 Å². The van der Waals surface area contributed by atoms with Crippen molar-refractivity contribution in [2.45, 2.75) is 0 Å². The van der Waals surface area contributed by atoms with Crippen LogP contribution in [-0.2, 0) is 0 Å². The Morgan fingerprint density at radius 2 is 0.780 bits per heavy atom. The first kappa shape index (κ1) is 33.2. The lowest BCUT2D eigenvalue weighted by atomic mass is 9.87. The van der Waals surface area contributed by atoms with Crippen molar-refractivity contribution in [1.29, 1.82) is 0 Å². The summed E-state index contributed by atoms with van der Waals surface area (Å²) in [5.74, 6) is 1.89. The van der Waals surface area contributed by atoms with Crippen LogP contribution in [0.3, 0.4) is 0 Å². The molecule has 0 spiro atoms. The first-order valence-electron chi connectivity index (χ1n) is 19.8. The molecule has 0 amide bonds. The molecule has 59 heavy (non-hydrogen) atoms. The zero-order valence-electron chi connectivity index (χ0n) is 31.7. The molecule has 3 heterocycles. The van der Waals surface area contributed by atoms with Crippen molar-refractivity contribution in [2.24, 2.45) is 0 Å². The van der Waals surface area contributed by atoms with Crippen LogP contribution in [0, 0.1) is 0 Å². The second-order valence-electron chi connectivity index (χ2n) is 14.9. The smallest absolute Gasteiger partial charge is 0.165 e. The topological polar surface area (TPSA) is 64.7 Å². The fraction of sp³-hybridized carbons (Fsp3) is 0. The summed E-state index contributed by atoms with van der Waals surface area (Å²) in [7, 11) is 0. The van der Waals surface area contributed by atoms with Crippen molar-refractivity contribution >= 4 is 65.2 Å². The summed E-state index contributed by atoms with van der Waals surface area (Å²) in [5.41, 5.74) is 9.69. The van der Waals surface area contributed by atoms with Gasteiger partial charge in [-0.2, -0.15) is 0 Å². The summed E-state index contributed by atoms with van der Waals surface area (Å²) in [6.07, 6.45) is 0. The Kier molecular flexibility index (Phi) is 7.47. The van der Waals surface area contributed by atoms with Crippen LogP contribution in [0.1, 0.15) is 0 Å². The van der Waals surface area contributed by atoms with Crippen LogP contribution < -0.4 is 0 Å². The van der Waals surface area contributed by atoms with E-state index in [-0.39, 0.29) is 0 Å². The van der Waals surface area contributed by atoms with E-state index in [0.717, 1.165) is 104 Å². The molecular weight excluding hydrogens is 721 g/mol. The molecule has 0 radical (unpaired) electrons. The van der Waals surface area contributed by atoms with Crippen molar-refractivity contribution in [3.05, 3.63) is 194 Å². The van der Waals surface area contributed by atoms with E-state index in [0.29, 0.717) is 17.5 Å². The first-order valence-corrected chi connectivity index (χ1v) is 19.8. The van der Waals surface area contributed by atoms with Gasteiger partial charge in [0.25, 0.3) is 0 Å². The zero-order valence-corrected chi connectivity index (χ0v) is 31.7. The number of benzene rings is 9. The number of nitrogens with zero attached hydrogens (tertiary/aromatic N) is 4. The molecule has 9 aromatic carbocycles. The van der Waals surface area contributed by atoms with Gasteiger partial charge in [0, 0.05) is 49.2 Å². The average Bonchev–Trinajstić information content (AvgIpc) is 3.70. The van der Waals surface area contributed by atoms with E-state index >= 15 is 0 Å². The SMILES string of the molecule is c1ccc(-c2nc(-c3ccccc3)nc(-c3c4ccccc4c(-c4ccc5c(c4)nc(-c4ccccc4)c4ccc6c7ccccc7oc6c45)c4ccccc34)n2)cc1. The maximum Gasteiger partial charge on any atom is 0.165 e. The van der Waals surface area contributed by atoms with Crippen LogP contribution >= 0.6 is 0 Å². The van der Waals surface area contributed by atoms with Gasteiger partial charge in [-0.05, 0) is 50.9 Å². The van der Waals surface area contributed by atoms with Crippen molar-refractivity contribution in [3.8, 4) is 56.5 Å². The second kappa shape index (κ2) is 13.3. The van der Waals surface area contributed by atoms with Gasteiger partial charge in [-0.1, -0.05) is 176 Å². The average molecular weight is 753 g/mol. The van der Waals surface area contributed by atoms with Gasteiger partial charge < -0.3 is 4.42 Å². The molecule has 12 aromatic rings. The van der Waals surface area contributed by atoms with E-state index in [4.69, 9.17) is 24.4 Å². The molecule has 0 saturated carbocycles. The molecule has 0 atom stereocenters. The predicted octanol–water partition coefficient (Wildman–Crippen LogP) is 14.1. The lowest BCUT2D eigenvalue weighted by Crippen LogP contribution is -2.01. The van der Waals surface area contributed by atoms with Crippen LogP contribution in [0.2, 0.25) is 0 Å². The van der Waals surface area contributed by atoms with Crippen molar-refractivity contribution in [3.63, 3.8) is 0 Å². The Morgan fingerprint density at radius 3 is 1.39 bits per heavy atom. The van der Waals surface area contributed by atoms with E-state index in [2.05, 4.69) is 115 Å². The van der Waals surface area contributed by atoms with E-state index in [1.807, 2.05) is 78.9 Å². The monoisotopic (exact) mass is 752 g/mol. The van der Waals surface area contributed by atoms with Gasteiger partial charge >= 0.3 is 0 Å². The minimum absolute atomic E-state index is 0.630. The Hall–Kier alpha value is -8.02. The second-order valence-corrected chi connectivity index (χ2v) is 14.9. The number of aromatic nitrogens is 4. The van der Waals surface area contributed by atoms with Crippen LogP contribution in [0.4, 0.5) is 0 Å². The number of para-hydroxylation sites is 1. The highest BCUT2D eigenvalue weighted by atomic mass is 16.3. The minimum atomic E-state index is 0.630. The Bertz CT molecular complexity index is 3490. The molecule has 0 aliphatic heterocycles. The fourth-order valence-corrected chi connectivity index (χ4v) is 8.84. The third kappa shape index (κ3) is 5.33. The van der Waals surface area contributed by atoms with Crippen molar-refractivity contribution in [2.75, 3.05) is 0 Å². The first-order chi connectivity index (χ1) is 29.3. The Morgan fingerprint density at radius 1 is 0.305 bits per heavy atom. The Labute approximate surface area is 338 Å². The summed E-state index contributed by atoms with van der Waals surface area (Å²) in [6.45, 7) is 0. The van der Waals surface area contributed by atoms with Crippen molar-refractivity contribution in [1.82, 2.24) is 19.9 Å². The lowest BCUT2D eigenvalue weighted by Gasteiger charge is -2.18. The normalized spacial score (nSPS) is 11.7.